The molecule has 0 fully saturated rings. The van der Waals surface area contributed by atoms with Crippen LogP contribution in [0.2, 0.25) is 0 Å². The van der Waals surface area contributed by atoms with E-state index in [0.717, 1.165) is 5.56 Å². The van der Waals surface area contributed by atoms with Crippen LogP contribution in [0.5, 0.6) is 0 Å². The maximum Gasteiger partial charge on any atom is 0.0626 e. The van der Waals surface area contributed by atoms with Gasteiger partial charge in [0, 0.05) is 6.04 Å². The summed E-state index contributed by atoms with van der Waals surface area (Å²) in [6.45, 7) is 6.37. The lowest BCUT2D eigenvalue weighted by Gasteiger charge is -2.19. The number of aryl methyl sites for hydroxylation is 1. The molecule has 0 amide bonds. The highest BCUT2D eigenvalue weighted by atomic mass is 16.3. The summed E-state index contributed by atoms with van der Waals surface area (Å²) in [7, 11) is 0. The Morgan fingerprint density at radius 3 is 2.57 bits per heavy atom. The summed E-state index contributed by atoms with van der Waals surface area (Å²) in [5, 5.41) is 12.6. The van der Waals surface area contributed by atoms with Gasteiger partial charge in [-0.2, -0.15) is 0 Å². The molecule has 0 bridgehead atoms. The van der Waals surface area contributed by atoms with Crippen molar-refractivity contribution in [2.75, 3.05) is 6.61 Å². The van der Waals surface area contributed by atoms with Crippen LogP contribution in [-0.4, -0.2) is 17.8 Å². The van der Waals surface area contributed by atoms with Gasteiger partial charge < -0.3 is 10.4 Å². The van der Waals surface area contributed by atoms with Crippen LogP contribution < -0.4 is 5.32 Å². The Morgan fingerprint density at radius 2 is 2.07 bits per heavy atom. The number of rotatable bonds is 4. The molecule has 1 atom stereocenters. The number of aliphatic hydroxyl groups is 1. The van der Waals surface area contributed by atoms with Crippen LogP contribution in [0.15, 0.2) is 24.3 Å². The molecule has 2 nitrogen and oxygen atoms in total. The first-order valence-electron chi connectivity index (χ1n) is 5.07. The van der Waals surface area contributed by atoms with Crippen LogP contribution in [-0.2, 0) is 0 Å². The van der Waals surface area contributed by atoms with Gasteiger partial charge in [-0.15, -0.1) is 0 Å². The number of benzene rings is 1. The zero-order valence-corrected chi connectivity index (χ0v) is 9.12. The number of aliphatic hydroxyl groups excluding tert-OH is 1. The average Bonchev–Trinajstić information content (AvgIpc) is 2.14. The molecule has 0 heterocycles. The van der Waals surface area contributed by atoms with Gasteiger partial charge >= 0.3 is 0 Å². The van der Waals surface area contributed by atoms with E-state index in [1.165, 1.54) is 5.56 Å². The molecule has 0 aliphatic heterocycles. The molecule has 0 saturated heterocycles. The van der Waals surface area contributed by atoms with Crippen molar-refractivity contribution in [2.45, 2.75) is 32.9 Å². The highest BCUT2D eigenvalue weighted by molar-refractivity contribution is 5.25. The Labute approximate surface area is 86.0 Å². The highest BCUT2D eigenvalue weighted by Gasteiger charge is 2.10. The van der Waals surface area contributed by atoms with Crippen molar-refractivity contribution in [3.8, 4) is 0 Å². The second kappa shape index (κ2) is 5.13. The largest absolute Gasteiger partial charge is 0.394 e. The van der Waals surface area contributed by atoms with Crippen molar-refractivity contribution < 1.29 is 5.11 Å². The summed E-state index contributed by atoms with van der Waals surface area (Å²) >= 11 is 0. The minimum absolute atomic E-state index is 0.0508. The predicted octanol–water partition coefficient (Wildman–Crippen LogP) is 2.03. The Morgan fingerprint density at radius 1 is 1.36 bits per heavy atom. The second-order valence-electron chi connectivity index (χ2n) is 3.97. The minimum atomic E-state index is 0.0508. The molecule has 0 saturated carbocycles. The first kappa shape index (κ1) is 11.2. The van der Waals surface area contributed by atoms with Crippen molar-refractivity contribution in [3.63, 3.8) is 0 Å². The summed E-state index contributed by atoms with van der Waals surface area (Å²) in [4.78, 5) is 0. The summed E-state index contributed by atoms with van der Waals surface area (Å²) in [5.74, 6) is 0. The van der Waals surface area contributed by atoms with Crippen LogP contribution in [0.1, 0.15) is 31.0 Å². The third-order valence-corrected chi connectivity index (χ3v) is 2.16. The standard InChI is InChI=1S/C12H19NO/c1-9(2)13-12(8-14)11-6-4-5-10(3)7-11/h4-7,9,12-14H,8H2,1-3H3/t12-/m1/s1. The van der Waals surface area contributed by atoms with Crippen molar-refractivity contribution in [1.29, 1.82) is 0 Å². The fraction of sp³-hybridized carbons (Fsp3) is 0.500. The van der Waals surface area contributed by atoms with Gasteiger partial charge in [-0.3, -0.25) is 0 Å². The van der Waals surface area contributed by atoms with E-state index in [9.17, 15) is 5.11 Å². The number of hydrogen-bond donors (Lipinski definition) is 2. The van der Waals surface area contributed by atoms with Gasteiger partial charge in [-0.05, 0) is 12.5 Å². The predicted molar refractivity (Wildman–Crippen MR) is 59.3 cm³/mol. The molecule has 14 heavy (non-hydrogen) atoms. The quantitative estimate of drug-likeness (QED) is 0.767. The zero-order valence-electron chi connectivity index (χ0n) is 9.12. The molecular formula is C12H19NO. The van der Waals surface area contributed by atoms with Gasteiger partial charge in [0.25, 0.3) is 0 Å². The van der Waals surface area contributed by atoms with Gasteiger partial charge in [-0.25, -0.2) is 0 Å². The number of nitrogens with one attached hydrogen (secondary N) is 1. The van der Waals surface area contributed by atoms with Crippen molar-refractivity contribution in [1.82, 2.24) is 5.32 Å². The van der Waals surface area contributed by atoms with E-state index in [1.807, 2.05) is 12.1 Å². The third kappa shape index (κ3) is 3.13. The van der Waals surface area contributed by atoms with E-state index >= 15 is 0 Å². The van der Waals surface area contributed by atoms with Crippen LogP contribution in [0.4, 0.5) is 0 Å². The zero-order chi connectivity index (χ0) is 10.6. The van der Waals surface area contributed by atoms with Crippen molar-refractivity contribution >= 4 is 0 Å². The first-order valence-corrected chi connectivity index (χ1v) is 5.07. The summed E-state index contributed by atoms with van der Waals surface area (Å²) < 4.78 is 0. The topological polar surface area (TPSA) is 32.3 Å². The van der Waals surface area contributed by atoms with E-state index in [-0.39, 0.29) is 12.6 Å². The average molecular weight is 193 g/mol. The van der Waals surface area contributed by atoms with Crippen LogP contribution in [0.25, 0.3) is 0 Å². The first-order chi connectivity index (χ1) is 6.63. The summed E-state index contributed by atoms with van der Waals surface area (Å²) in [6, 6.07) is 8.67. The maximum absolute atomic E-state index is 9.26. The molecule has 0 radical (unpaired) electrons. The van der Waals surface area contributed by atoms with E-state index in [2.05, 4.69) is 38.2 Å². The Hall–Kier alpha value is -0.860. The molecule has 2 heteroatoms. The van der Waals surface area contributed by atoms with E-state index in [0.29, 0.717) is 6.04 Å². The molecule has 0 spiro atoms. The third-order valence-electron chi connectivity index (χ3n) is 2.16. The smallest absolute Gasteiger partial charge is 0.0626 e. The molecule has 1 aromatic rings. The highest BCUT2D eigenvalue weighted by Crippen LogP contribution is 2.14. The van der Waals surface area contributed by atoms with Crippen molar-refractivity contribution in [2.24, 2.45) is 0 Å². The molecule has 1 aromatic carbocycles. The van der Waals surface area contributed by atoms with Crippen molar-refractivity contribution in [3.05, 3.63) is 35.4 Å². The van der Waals surface area contributed by atoms with Crippen LogP contribution >= 0.6 is 0 Å². The lowest BCUT2D eigenvalue weighted by molar-refractivity contribution is 0.237. The molecule has 0 aliphatic carbocycles. The van der Waals surface area contributed by atoms with E-state index < -0.39 is 0 Å². The van der Waals surface area contributed by atoms with Gasteiger partial charge in [0.15, 0.2) is 0 Å². The molecule has 0 aromatic heterocycles. The molecule has 2 N–H and O–H groups in total. The van der Waals surface area contributed by atoms with Gasteiger partial charge in [0.05, 0.1) is 12.6 Å². The Kier molecular flexibility index (Phi) is 4.11. The fourth-order valence-corrected chi connectivity index (χ4v) is 1.54. The fourth-order valence-electron chi connectivity index (χ4n) is 1.54. The minimum Gasteiger partial charge on any atom is -0.394 e. The van der Waals surface area contributed by atoms with Gasteiger partial charge in [0.1, 0.15) is 0 Å². The Balaban J connectivity index is 2.78. The molecule has 0 aliphatic rings. The van der Waals surface area contributed by atoms with Gasteiger partial charge in [0.2, 0.25) is 0 Å². The van der Waals surface area contributed by atoms with Gasteiger partial charge in [-0.1, -0.05) is 43.7 Å². The lowest BCUT2D eigenvalue weighted by Crippen LogP contribution is -2.30. The maximum atomic E-state index is 9.26. The molecule has 0 unspecified atom stereocenters. The SMILES string of the molecule is Cc1cccc([C@@H](CO)NC(C)C)c1. The molecule has 1 rings (SSSR count). The van der Waals surface area contributed by atoms with Crippen LogP contribution in [0, 0.1) is 6.92 Å². The normalized spacial score (nSPS) is 13.2. The van der Waals surface area contributed by atoms with E-state index in [4.69, 9.17) is 0 Å². The number of hydrogen-bond acceptors (Lipinski definition) is 2. The summed E-state index contributed by atoms with van der Waals surface area (Å²) in [5.41, 5.74) is 2.38. The lowest BCUT2D eigenvalue weighted by atomic mass is 10.0. The Bertz CT molecular complexity index is 283. The van der Waals surface area contributed by atoms with Crippen LogP contribution in [0.3, 0.4) is 0 Å². The monoisotopic (exact) mass is 193 g/mol. The second-order valence-corrected chi connectivity index (χ2v) is 3.97. The summed E-state index contributed by atoms with van der Waals surface area (Å²) in [6.07, 6.45) is 0. The molecule has 78 valence electrons. The van der Waals surface area contributed by atoms with E-state index in [1.54, 1.807) is 0 Å². The molecular weight excluding hydrogens is 174 g/mol.